The van der Waals surface area contributed by atoms with Gasteiger partial charge in [0.25, 0.3) is 15.9 Å². The molecule has 2 aromatic rings. The number of amides is 1. The van der Waals surface area contributed by atoms with Crippen LogP contribution in [-0.2, 0) is 14.8 Å². The van der Waals surface area contributed by atoms with E-state index < -0.39 is 15.9 Å². The van der Waals surface area contributed by atoms with Crippen LogP contribution in [0.1, 0.15) is 22.8 Å². The Morgan fingerprint density at radius 2 is 1.73 bits per heavy atom. The quantitative estimate of drug-likeness (QED) is 0.637. The molecule has 0 radical (unpaired) electrons. The summed E-state index contributed by atoms with van der Waals surface area (Å²) < 4.78 is 36.8. The molecular weight excluding hydrogens is 358 g/mol. The molecule has 0 fully saturated rings. The van der Waals surface area contributed by atoms with Gasteiger partial charge in [0, 0.05) is 11.6 Å². The van der Waals surface area contributed by atoms with E-state index in [0.717, 1.165) is 6.08 Å². The van der Waals surface area contributed by atoms with Gasteiger partial charge in [0.05, 0.1) is 4.90 Å². The van der Waals surface area contributed by atoms with Crippen molar-refractivity contribution in [2.75, 3.05) is 6.79 Å². The predicted octanol–water partition coefficient (Wildman–Crippen LogP) is 2.14. The third-order valence-corrected chi connectivity index (χ3v) is 4.99. The molecule has 0 saturated carbocycles. The second kappa shape index (κ2) is 7.01. The van der Waals surface area contributed by atoms with Gasteiger partial charge in [-0.1, -0.05) is 18.2 Å². The summed E-state index contributed by atoms with van der Waals surface area (Å²) in [6.07, 6.45) is 2.57. The first-order chi connectivity index (χ1) is 12.3. The van der Waals surface area contributed by atoms with E-state index in [1.54, 1.807) is 18.2 Å². The summed E-state index contributed by atoms with van der Waals surface area (Å²) in [5.41, 5.74) is 1.05. The first kappa shape index (κ1) is 17.7. The van der Waals surface area contributed by atoms with Crippen LogP contribution >= 0.6 is 0 Å². The highest BCUT2D eigenvalue weighted by atomic mass is 32.2. The minimum atomic E-state index is -4.02. The Bertz CT molecular complexity index is 993. The molecule has 0 aliphatic carbocycles. The van der Waals surface area contributed by atoms with Gasteiger partial charge in [0.2, 0.25) is 6.79 Å². The smallest absolute Gasteiger partial charge is 0.264 e. The molecule has 3 rings (SSSR count). The molecule has 1 aliphatic rings. The number of hydrogen-bond acceptors (Lipinski definition) is 6. The number of ether oxygens (including phenoxy) is 2. The monoisotopic (exact) mass is 373 g/mol. The average Bonchev–Trinajstić information content (AvgIpc) is 3.07. The molecule has 1 amide bonds. The number of benzene rings is 2. The molecule has 7 nitrogen and oxygen atoms in total. The van der Waals surface area contributed by atoms with Gasteiger partial charge < -0.3 is 9.47 Å². The normalized spacial score (nSPS) is 13.0. The highest BCUT2D eigenvalue weighted by molar-refractivity contribution is 7.90. The molecule has 2 aromatic carbocycles. The number of Topliss-reactive ketones (excluding diaryl/α,β-unsaturated/α-hetero) is 1. The summed E-state index contributed by atoms with van der Waals surface area (Å²) >= 11 is 0. The highest BCUT2D eigenvalue weighted by Crippen LogP contribution is 2.32. The average molecular weight is 373 g/mol. The first-order valence-electron chi connectivity index (χ1n) is 7.61. The zero-order valence-corrected chi connectivity index (χ0v) is 14.6. The Balaban J connectivity index is 1.69. The Kier molecular flexibility index (Phi) is 4.77. The fourth-order valence-electron chi connectivity index (χ4n) is 2.28. The van der Waals surface area contributed by atoms with Crippen molar-refractivity contribution in [3.8, 4) is 11.5 Å². The van der Waals surface area contributed by atoms with Crippen molar-refractivity contribution in [2.45, 2.75) is 11.8 Å². The van der Waals surface area contributed by atoms with E-state index in [1.165, 1.54) is 37.3 Å². The third kappa shape index (κ3) is 3.92. The van der Waals surface area contributed by atoms with E-state index in [0.29, 0.717) is 22.6 Å². The minimum Gasteiger partial charge on any atom is -0.454 e. The van der Waals surface area contributed by atoms with Gasteiger partial charge in [0.1, 0.15) is 0 Å². The number of sulfonamides is 1. The highest BCUT2D eigenvalue weighted by Gasteiger charge is 2.17. The molecule has 0 bridgehead atoms. The lowest BCUT2D eigenvalue weighted by Gasteiger charge is -2.05. The van der Waals surface area contributed by atoms with E-state index in [9.17, 15) is 18.0 Å². The first-order valence-corrected chi connectivity index (χ1v) is 9.09. The van der Waals surface area contributed by atoms with Crippen molar-refractivity contribution in [3.63, 3.8) is 0 Å². The van der Waals surface area contributed by atoms with Crippen molar-refractivity contribution >= 4 is 27.8 Å². The maximum absolute atomic E-state index is 12.2. The molecule has 134 valence electrons. The fourth-order valence-corrected chi connectivity index (χ4v) is 3.23. The molecule has 1 N–H and O–H groups in total. The summed E-state index contributed by atoms with van der Waals surface area (Å²) in [7, 11) is -4.02. The van der Waals surface area contributed by atoms with Gasteiger partial charge in [-0.2, -0.15) is 0 Å². The minimum absolute atomic E-state index is 0.104. The van der Waals surface area contributed by atoms with Gasteiger partial charge in [-0.3, -0.25) is 9.59 Å². The molecule has 1 aliphatic heterocycles. The summed E-state index contributed by atoms with van der Waals surface area (Å²) in [5, 5.41) is 0. The number of fused-ring (bicyclic) bond motifs is 1. The fraction of sp³-hybridized carbons (Fsp3) is 0.111. The van der Waals surface area contributed by atoms with Gasteiger partial charge in [-0.25, -0.2) is 13.1 Å². The zero-order chi connectivity index (χ0) is 18.7. The Labute approximate surface area is 150 Å². The van der Waals surface area contributed by atoms with Crippen LogP contribution in [0.15, 0.2) is 53.4 Å². The predicted molar refractivity (Wildman–Crippen MR) is 93.4 cm³/mol. The number of carbonyl (C=O) groups is 2. The van der Waals surface area contributed by atoms with E-state index >= 15 is 0 Å². The van der Waals surface area contributed by atoms with E-state index in [4.69, 9.17) is 9.47 Å². The Morgan fingerprint density at radius 3 is 2.42 bits per heavy atom. The van der Waals surface area contributed by atoms with Gasteiger partial charge in [0.15, 0.2) is 17.3 Å². The van der Waals surface area contributed by atoms with Crippen LogP contribution in [0.5, 0.6) is 11.5 Å². The lowest BCUT2D eigenvalue weighted by Crippen LogP contribution is -2.29. The van der Waals surface area contributed by atoms with E-state index in [2.05, 4.69) is 0 Å². The Morgan fingerprint density at radius 1 is 1.04 bits per heavy atom. The second-order valence-corrected chi connectivity index (χ2v) is 7.18. The molecule has 0 aromatic heterocycles. The van der Waals surface area contributed by atoms with Crippen LogP contribution in [0.4, 0.5) is 0 Å². The number of ketones is 1. The topological polar surface area (TPSA) is 98.8 Å². The van der Waals surface area contributed by atoms with Crippen LogP contribution in [0, 0.1) is 0 Å². The number of hydrogen-bond donors (Lipinski definition) is 1. The summed E-state index contributed by atoms with van der Waals surface area (Å²) in [6.45, 7) is 1.52. The van der Waals surface area contributed by atoms with Crippen LogP contribution in [0.25, 0.3) is 6.08 Å². The van der Waals surface area contributed by atoms with Crippen molar-refractivity contribution in [1.29, 1.82) is 0 Å². The van der Waals surface area contributed by atoms with Crippen LogP contribution in [-0.4, -0.2) is 26.9 Å². The lowest BCUT2D eigenvalue weighted by molar-refractivity contribution is -0.114. The zero-order valence-electron chi connectivity index (χ0n) is 13.8. The molecule has 0 unspecified atom stereocenters. The van der Waals surface area contributed by atoms with E-state index in [1.807, 2.05) is 4.72 Å². The summed E-state index contributed by atoms with van der Waals surface area (Å²) in [5.74, 6) is 0.205. The van der Waals surface area contributed by atoms with Crippen LogP contribution < -0.4 is 14.2 Å². The molecule has 8 heteroatoms. The van der Waals surface area contributed by atoms with Gasteiger partial charge >= 0.3 is 0 Å². The molecule has 0 spiro atoms. The van der Waals surface area contributed by atoms with Crippen LogP contribution in [0.2, 0.25) is 0 Å². The Hall–Kier alpha value is -3.13. The standard InChI is InChI=1S/C18H15NO6S/c1-12(20)14-4-6-15(7-5-14)26(22,23)19-18(21)9-3-13-2-8-16-17(10-13)25-11-24-16/h2-10H,11H2,1H3,(H,19,21). The SMILES string of the molecule is CC(=O)c1ccc(S(=O)(=O)NC(=O)C=Cc2ccc3c(c2)OCO3)cc1. The molecule has 1 heterocycles. The second-order valence-electron chi connectivity index (χ2n) is 5.50. The van der Waals surface area contributed by atoms with Crippen molar-refractivity contribution in [3.05, 3.63) is 59.7 Å². The third-order valence-electron chi connectivity index (χ3n) is 3.63. The molecule has 0 atom stereocenters. The maximum Gasteiger partial charge on any atom is 0.264 e. The number of rotatable bonds is 5. The summed E-state index contributed by atoms with van der Waals surface area (Å²) in [6, 6.07) is 10.4. The summed E-state index contributed by atoms with van der Waals surface area (Å²) in [4.78, 5) is 23.1. The number of carbonyl (C=O) groups excluding carboxylic acids is 2. The van der Waals surface area contributed by atoms with Gasteiger partial charge in [-0.05, 0) is 42.8 Å². The van der Waals surface area contributed by atoms with Crippen molar-refractivity contribution in [2.24, 2.45) is 0 Å². The van der Waals surface area contributed by atoms with Crippen molar-refractivity contribution in [1.82, 2.24) is 4.72 Å². The largest absolute Gasteiger partial charge is 0.454 e. The van der Waals surface area contributed by atoms with E-state index in [-0.39, 0.29) is 17.5 Å². The number of nitrogens with one attached hydrogen (secondary N) is 1. The molecular formula is C18H15NO6S. The van der Waals surface area contributed by atoms with Crippen LogP contribution in [0.3, 0.4) is 0 Å². The maximum atomic E-state index is 12.2. The van der Waals surface area contributed by atoms with Gasteiger partial charge in [-0.15, -0.1) is 0 Å². The molecule has 26 heavy (non-hydrogen) atoms. The lowest BCUT2D eigenvalue weighted by atomic mass is 10.2. The van der Waals surface area contributed by atoms with Crippen molar-refractivity contribution < 1.29 is 27.5 Å². The molecule has 0 saturated heterocycles.